The molecule has 2 unspecified atom stereocenters. The van der Waals surface area contributed by atoms with Gasteiger partial charge in [0, 0.05) is 0 Å². The molecule has 2 atom stereocenters. The summed E-state index contributed by atoms with van der Waals surface area (Å²) in [5.74, 6) is 1.58. The number of quaternary nitrogens is 8. The third-order valence-electron chi connectivity index (χ3n) is 32.9. The summed E-state index contributed by atoms with van der Waals surface area (Å²) in [5.41, 5.74) is -0.393. The van der Waals surface area contributed by atoms with Crippen molar-refractivity contribution in [1.82, 2.24) is 0 Å². The molecule has 0 N–H and O–H groups in total. The molecule has 0 aromatic rings. The van der Waals surface area contributed by atoms with Crippen molar-refractivity contribution in [3.63, 3.8) is 0 Å². The van der Waals surface area contributed by atoms with Gasteiger partial charge in [-0.05, 0) is 231 Å². The number of hydrogen-bond donors (Lipinski definition) is 0. The number of rotatable bonds is 59. The SMILES string of the molecule is CCCC[N+](CC)(CCC)CCOC(=O)C(C)(C)C.CCCC[N+](CC)(CCC)CCOC(=O)C1CCCC1.CCC[N+](CC)(CCC)CCOC(=O)C1CCCC1.CCC[N+](CC)(CCC)CCOC(=O)C1CCCCC1.CC[N+](CC)(CC)CCOC(=O)C1CCCC1.CC[N+](CC)(CC)CCOC(=O)C1CCCCC1.C[N+](C)(C)CCOC(=O)C1CCCC1.C[N+](C)(C)CCOC(=O)C1CCCCC1. The highest BCUT2D eigenvalue weighted by molar-refractivity contribution is 5.76. The number of esters is 8. The molecule has 838 valence electrons. The predicted octanol–water partition coefficient (Wildman–Crippen LogP) is 23.4. The second kappa shape index (κ2) is 79.5. The molecule has 0 amide bonds. The van der Waals surface area contributed by atoms with Crippen LogP contribution in [0.1, 0.15) is 409 Å². The van der Waals surface area contributed by atoms with Gasteiger partial charge in [-0.1, -0.05) is 177 Å². The third kappa shape index (κ3) is 60.3. The topological polar surface area (TPSA) is 210 Å². The lowest BCUT2D eigenvalue weighted by molar-refractivity contribution is -0.927. The van der Waals surface area contributed by atoms with Crippen molar-refractivity contribution >= 4 is 47.8 Å². The van der Waals surface area contributed by atoms with E-state index in [0.29, 0.717) is 52.9 Å². The van der Waals surface area contributed by atoms with E-state index >= 15 is 0 Å². The van der Waals surface area contributed by atoms with Crippen molar-refractivity contribution in [1.29, 1.82) is 0 Å². The molecule has 0 radical (unpaired) electrons. The van der Waals surface area contributed by atoms with Gasteiger partial charge in [0.05, 0.1) is 207 Å². The van der Waals surface area contributed by atoms with Crippen LogP contribution >= 0.6 is 0 Å². The van der Waals surface area contributed by atoms with Crippen LogP contribution in [0.5, 0.6) is 0 Å². The van der Waals surface area contributed by atoms with Gasteiger partial charge >= 0.3 is 47.8 Å². The fourth-order valence-electron chi connectivity index (χ4n) is 21.9. The molecule has 142 heavy (non-hydrogen) atoms. The van der Waals surface area contributed by atoms with E-state index in [-0.39, 0.29) is 89.2 Å². The lowest BCUT2D eigenvalue weighted by Gasteiger charge is -2.37. The molecule has 0 heterocycles. The van der Waals surface area contributed by atoms with E-state index in [1.807, 2.05) is 20.8 Å². The zero-order valence-corrected chi connectivity index (χ0v) is 98.7. The van der Waals surface area contributed by atoms with E-state index in [0.717, 1.165) is 244 Å². The Balaban J connectivity index is 0.00000160. The zero-order chi connectivity index (χ0) is 107. The van der Waals surface area contributed by atoms with Crippen molar-refractivity contribution in [2.24, 2.45) is 46.8 Å². The average molecular weight is 2030 g/mol. The summed E-state index contributed by atoms with van der Waals surface area (Å²) in [5, 5.41) is 0. The number of hydrogen-bond acceptors (Lipinski definition) is 16. The van der Waals surface area contributed by atoms with Gasteiger partial charge in [0.1, 0.15) is 105 Å². The lowest BCUT2D eigenvalue weighted by atomic mass is 9.89. The third-order valence-corrected chi connectivity index (χ3v) is 32.9. The van der Waals surface area contributed by atoms with Crippen molar-refractivity contribution in [2.75, 3.05) is 265 Å². The average Bonchev–Trinajstić information content (AvgIpc) is 1.04. The Kier molecular flexibility index (Phi) is 76.9. The summed E-state index contributed by atoms with van der Waals surface area (Å²) in [6, 6.07) is 0. The van der Waals surface area contributed by atoms with Crippen molar-refractivity contribution in [2.45, 2.75) is 409 Å². The summed E-state index contributed by atoms with van der Waals surface area (Å²) in [7, 11) is 12.6. The van der Waals surface area contributed by atoms with E-state index in [4.69, 9.17) is 37.9 Å². The van der Waals surface area contributed by atoms with Crippen LogP contribution in [0.4, 0.5) is 0 Å². The van der Waals surface area contributed by atoms with Crippen LogP contribution in [0.2, 0.25) is 0 Å². The largest absolute Gasteiger partial charge is 0.459 e. The molecule has 24 nitrogen and oxygen atoms in total. The van der Waals surface area contributed by atoms with Crippen LogP contribution < -0.4 is 0 Å². The maximum absolute atomic E-state index is 12.1. The van der Waals surface area contributed by atoms with E-state index in [1.165, 1.54) is 226 Å². The Hall–Kier alpha value is -4.56. The smallest absolute Gasteiger partial charge is 0.311 e. The number of carbonyl (C=O) groups excluding carboxylic acids is 8. The molecule has 0 aliphatic heterocycles. The van der Waals surface area contributed by atoms with E-state index in [9.17, 15) is 38.4 Å². The molecular weight excluding hydrogens is 1790 g/mol. The van der Waals surface area contributed by atoms with Gasteiger partial charge < -0.3 is 73.8 Å². The first kappa shape index (κ1) is 137. The molecule has 7 aliphatic carbocycles. The molecule has 0 spiro atoms. The van der Waals surface area contributed by atoms with Crippen molar-refractivity contribution in [3.05, 3.63) is 0 Å². The van der Waals surface area contributed by atoms with Crippen LogP contribution in [0.25, 0.3) is 0 Å². The molecule has 7 rings (SSSR count). The van der Waals surface area contributed by atoms with Crippen molar-refractivity contribution in [3.8, 4) is 0 Å². The summed E-state index contributed by atoms with van der Waals surface area (Å²) in [6.45, 7) is 79.1. The van der Waals surface area contributed by atoms with Gasteiger partial charge in [-0.25, -0.2) is 0 Å². The fraction of sp³-hybridized carbons (Fsp3) is 0.932. The summed E-state index contributed by atoms with van der Waals surface area (Å²) in [4.78, 5) is 94.6. The minimum Gasteiger partial charge on any atom is -0.459 e. The van der Waals surface area contributed by atoms with Crippen LogP contribution in [0.3, 0.4) is 0 Å². The lowest BCUT2D eigenvalue weighted by Crippen LogP contribution is -2.51. The molecule has 0 saturated heterocycles. The maximum atomic E-state index is 12.1. The van der Waals surface area contributed by atoms with Crippen LogP contribution in [0, 0.1) is 46.8 Å². The molecule has 7 aliphatic rings. The molecule has 7 fully saturated rings. The Bertz CT molecular complexity index is 3130. The monoisotopic (exact) mass is 2020 g/mol. The standard InChI is InChI=1S/2C17H34NO2.C16H32NO2.C16H34NO2.C15H30NO2.C14H28NO2.C12H24NO2.C11H22NO2/c1-4-12-18(6-3,13-5-2)14-15-20-17(19)16-10-8-7-9-11-16;1-4-7-13-18(6-3,12-5-2)14-15-20-17(19)16-10-8-9-11-16;1-4-11-17(6-3,12-5-2)13-14-19-16(18)15-9-7-8-10-15;1-7-10-12-17(9-3,11-8-2)13-14-19-15(18)16(4,5)6;1-4-16(5-2,6-3)12-13-18-15(17)14-10-8-7-9-11-14;1-4-15(5-2,6-3)11-12-17-14(16)13-9-7-8-10-13;1-13(2,3)9-10-15-12(14)11-7-5-4-6-8-11;1-12(2,3)8-9-14-11(13)10-6-4-5-7-10/h2*16H,4-15H2,1-3H3;15H,4-14H2,1-3H3;7-14H2,1-6H3;14H,4-13H2,1-3H3;13H,4-12H2,1-3H3;11H,4-10H2,1-3H3;10H,4-9H2,1-3H3/q8*+1. The highest BCUT2D eigenvalue weighted by atomic mass is 16.6. The van der Waals surface area contributed by atoms with Crippen LogP contribution in [-0.4, -0.2) is 349 Å². The maximum Gasteiger partial charge on any atom is 0.311 e. The zero-order valence-electron chi connectivity index (χ0n) is 98.7. The first-order valence-corrected chi connectivity index (χ1v) is 59.7. The predicted molar refractivity (Wildman–Crippen MR) is 587 cm³/mol. The first-order valence-electron chi connectivity index (χ1n) is 59.7. The summed E-state index contributed by atoms with van der Waals surface area (Å²) in [6.07, 6.45) is 47.2. The number of ether oxygens (including phenoxy) is 8. The Morgan fingerprint density at radius 2 is 0.338 bits per heavy atom. The highest BCUT2D eigenvalue weighted by Crippen LogP contribution is 2.32. The molecule has 0 aromatic carbocycles. The van der Waals surface area contributed by atoms with E-state index < -0.39 is 5.41 Å². The van der Waals surface area contributed by atoms with Gasteiger partial charge in [0.15, 0.2) is 0 Å². The number of likely N-dealkylation sites (N-methyl/N-ethyl adjacent to an activating group) is 8. The Morgan fingerprint density at radius 3 is 0.486 bits per heavy atom. The number of nitrogens with zero attached hydrogens (tertiary/aromatic N) is 8. The normalized spacial score (nSPS) is 17.5. The van der Waals surface area contributed by atoms with Gasteiger partial charge in [-0.2, -0.15) is 0 Å². The van der Waals surface area contributed by atoms with Crippen molar-refractivity contribution < 1.29 is 112 Å². The molecule has 24 heteroatoms. The van der Waals surface area contributed by atoms with E-state index in [1.54, 1.807) is 0 Å². The summed E-state index contributed by atoms with van der Waals surface area (Å²) < 4.78 is 51.8. The number of carbonyl (C=O) groups is 8. The quantitative estimate of drug-likeness (QED) is 0.0315. The second-order valence-corrected chi connectivity index (χ2v) is 46.6. The van der Waals surface area contributed by atoms with Gasteiger partial charge in [0.25, 0.3) is 0 Å². The second-order valence-electron chi connectivity index (χ2n) is 46.6. The van der Waals surface area contributed by atoms with E-state index in [2.05, 4.69) is 167 Å². The fourth-order valence-corrected chi connectivity index (χ4v) is 21.9. The Labute approximate surface area is 875 Å². The highest BCUT2D eigenvalue weighted by Gasteiger charge is 2.36. The molecule has 0 aromatic heterocycles. The van der Waals surface area contributed by atoms with Crippen LogP contribution in [0.15, 0.2) is 0 Å². The minimum atomic E-state index is -0.393. The minimum absolute atomic E-state index is 0.0240. The number of unbranched alkanes of at least 4 members (excludes halogenated alkanes) is 2. The molecule has 7 saturated carbocycles. The van der Waals surface area contributed by atoms with Gasteiger partial charge in [-0.15, -0.1) is 0 Å². The van der Waals surface area contributed by atoms with Crippen LogP contribution in [-0.2, 0) is 76.3 Å². The molecular formula is C118H238N8O16+8. The van der Waals surface area contributed by atoms with Gasteiger partial charge in [-0.3, -0.25) is 38.4 Å². The Morgan fingerprint density at radius 1 is 0.190 bits per heavy atom. The summed E-state index contributed by atoms with van der Waals surface area (Å²) >= 11 is 0. The molecule has 0 bridgehead atoms. The van der Waals surface area contributed by atoms with Gasteiger partial charge in [0.2, 0.25) is 0 Å². The first-order chi connectivity index (χ1) is 67.6.